The van der Waals surface area contributed by atoms with E-state index in [0.717, 1.165) is 23.3 Å². The lowest BCUT2D eigenvalue weighted by atomic mass is 10.1. The highest BCUT2D eigenvalue weighted by Crippen LogP contribution is 2.34. The second-order valence-electron chi connectivity index (χ2n) is 6.08. The van der Waals surface area contributed by atoms with Crippen LogP contribution >= 0.6 is 0 Å². The molecular formula is C20H22N2O7. The van der Waals surface area contributed by atoms with Crippen molar-refractivity contribution in [2.24, 2.45) is 0 Å². The van der Waals surface area contributed by atoms with E-state index in [1.807, 2.05) is 31.2 Å². The van der Waals surface area contributed by atoms with Gasteiger partial charge in [0.25, 0.3) is 11.6 Å². The maximum absolute atomic E-state index is 12.3. The lowest BCUT2D eigenvalue weighted by molar-refractivity contribution is -0.385. The highest BCUT2D eigenvalue weighted by atomic mass is 16.6. The van der Waals surface area contributed by atoms with E-state index in [4.69, 9.17) is 14.2 Å². The normalized spacial score (nSPS) is 10.2. The van der Waals surface area contributed by atoms with Gasteiger partial charge in [0.05, 0.1) is 25.2 Å². The topological polar surface area (TPSA) is 117 Å². The summed E-state index contributed by atoms with van der Waals surface area (Å²) < 4.78 is 15.0. The van der Waals surface area contributed by atoms with Crippen LogP contribution in [0.1, 0.15) is 21.5 Å². The molecule has 9 heteroatoms. The minimum absolute atomic E-state index is 0.102. The second-order valence-corrected chi connectivity index (χ2v) is 6.08. The molecule has 0 spiro atoms. The molecule has 2 rings (SSSR count). The van der Waals surface area contributed by atoms with Gasteiger partial charge in [-0.15, -0.1) is 0 Å². The molecular weight excluding hydrogens is 380 g/mol. The molecule has 0 saturated carbocycles. The van der Waals surface area contributed by atoms with Crippen LogP contribution in [0.3, 0.4) is 0 Å². The van der Waals surface area contributed by atoms with Crippen molar-refractivity contribution in [3.63, 3.8) is 0 Å². The van der Waals surface area contributed by atoms with E-state index in [9.17, 15) is 19.7 Å². The van der Waals surface area contributed by atoms with Crippen LogP contribution in [0.25, 0.3) is 0 Å². The van der Waals surface area contributed by atoms with Crippen molar-refractivity contribution in [1.82, 2.24) is 5.32 Å². The number of methoxy groups -OCH3 is 2. The quantitative estimate of drug-likeness (QED) is 0.389. The number of nitro groups is 1. The fourth-order valence-electron chi connectivity index (χ4n) is 2.67. The van der Waals surface area contributed by atoms with Gasteiger partial charge < -0.3 is 19.5 Å². The number of hydrogen-bond donors (Lipinski definition) is 1. The molecule has 0 unspecified atom stereocenters. The minimum atomic E-state index is -1.01. The van der Waals surface area contributed by atoms with Crippen LogP contribution in [0, 0.1) is 17.0 Å². The van der Waals surface area contributed by atoms with Gasteiger partial charge in [-0.1, -0.05) is 24.3 Å². The Labute approximate surface area is 167 Å². The molecule has 1 amide bonds. The number of esters is 1. The molecule has 0 fully saturated rings. The Kier molecular flexibility index (Phi) is 7.53. The Morgan fingerprint density at radius 1 is 1.10 bits per heavy atom. The van der Waals surface area contributed by atoms with Crippen LogP contribution in [0.4, 0.5) is 5.69 Å². The van der Waals surface area contributed by atoms with Gasteiger partial charge in [-0.05, 0) is 24.5 Å². The van der Waals surface area contributed by atoms with Gasteiger partial charge >= 0.3 is 5.97 Å². The van der Waals surface area contributed by atoms with Crippen LogP contribution in [0.15, 0.2) is 36.4 Å². The van der Waals surface area contributed by atoms with Crippen molar-refractivity contribution >= 4 is 17.6 Å². The van der Waals surface area contributed by atoms with Crippen LogP contribution in [0.5, 0.6) is 11.5 Å². The predicted octanol–water partition coefficient (Wildman–Crippen LogP) is 2.44. The molecule has 0 aromatic heterocycles. The molecule has 0 bridgehead atoms. The van der Waals surface area contributed by atoms with Gasteiger partial charge in [-0.25, -0.2) is 4.79 Å². The van der Waals surface area contributed by atoms with E-state index in [1.54, 1.807) is 0 Å². The Bertz CT molecular complexity index is 912. The van der Waals surface area contributed by atoms with Gasteiger partial charge in [0.2, 0.25) is 0 Å². The molecule has 154 valence electrons. The molecule has 29 heavy (non-hydrogen) atoms. The summed E-state index contributed by atoms with van der Waals surface area (Å²) in [4.78, 5) is 34.7. The molecule has 0 saturated heterocycles. The third kappa shape index (κ3) is 5.68. The lowest BCUT2D eigenvalue weighted by Crippen LogP contribution is -2.30. The second kappa shape index (κ2) is 10.1. The largest absolute Gasteiger partial charge is 0.493 e. The third-order valence-electron chi connectivity index (χ3n) is 4.23. The van der Waals surface area contributed by atoms with Crippen LogP contribution in [-0.4, -0.2) is 44.2 Å². The number of aryl methyl sites for hydroxylation is 1. The summed E-state index contributed by atoms with van der Waals surface area (Å²) in [7, 11) is 2.65. The number of hydrogen-bond acceptors (Lipinski definition) is 7. The molecule has 2 aromatic carbocycles. The van der Waals surface area contributed by atoms with E-state index in [1.165, 1.54) is 14.2 Å². The number of rotatable bonds is 9. The summed E-state index contributed by atoms with van der Waals surface area (Å²) in [5.74, 6) is -1.28. The van der Waals surface area contributed by atoms with E-state index in [-0.39, 0.29) is 17.1 Å². The van der Waals surface area contributed by atoms with Crippen molar-refractivity contribution < 1.29 is 28.7 Å². The van der Waals surface area contributed by atoms with Crippen molar-refractivity contribution in [3.05, 3.63) is 63.2 Å². The van der Waals surface area contributed by atoms with E-state index in [2.05, 4.69) is 5.32 Å². The highest BCUT2D eigenvalue weighted by molar-refractivity contribution is 5.96. The summed E-state index contributed by atoms with van der Waals surface area (Å²) in [6.45, 7) is 1.80. The maximum Gasteiger partial charge on any atom is 0.345 e. The summed E-state index contributed by atoms with van der Waals surface area (Å²) in [5.41, 5.74) is 1.38. The standard InChI is InChI=1S/C20H22N2O7/c1-13-6-4-5-7-14(13)8-9-21-19(23)12-29-20(24)15-10-17(27-2)18(28-3)11-16(15)22(25)26/h4-7,10-11H,8-9,12H2,1-3H3,(H,21,23). The Morgan fingerprint density at radius 2 is 1.76 bits per heavy atom. The predicted molar refractivity (Wildman–Crippen MR) is 104 cm³/mol. The zero-order chi connectivity index (χ0) is 21.4. The average Bonchev–Trinajstić information content (AvgIpc) is 2.72. The van der Waals surface area contributed by atoms with Gasteiger partial charge in [-0.2, -0.15) is 0 Å². The van der Waals surface area contributed by atoms with Gasteiger partial charge in [0, 0.05) is 12.6 Å². The lowest BCUT2D eigenvalue weighted by Gasteiger charge is -2.11. The average molecular weight is 402 g/mol. The first-order chi connectivity index (χ1) is 13.9. The Balaban J connectivity index is 1.96. The van der Waals surface area contributed by atoms with Crippen molar-refractivity contribution in [3.8, 4) is 11.5 Å². The molecule has 1 N–H and O–H groups in total. The first kappa shape index (κ1) is 21.7. The number of nitrogens with zero attached hydrogens (tertiary/aromatic N) is 1. The first-order valence-electron chi connectivity index (χ1n) is 8.76. The highest BCUT2D eigenvalue weighted by Gasteiger charge is 2.26. The zero-order valence-electron chi connectivity index (χ0n) is 16.4. The Hall–Kier alpha value is -3.62. The van der Waals surface area contributed by atoms with Crippen molar-refractivity contribution in [2.45, 2.75) is 13.3 Å². The molecule has 0 aliphatic rings. The Morgan fingerprint density at radius 3 is 2.38 bits per heavy atom. The number of amides is 1. The maximum atomic E-state index is 12.3. The summed E-state index contributed by atoms with van der Waals surface area (Å²) in [5, 5.41) is 13.9. The smallest absolute Gasteiger partial charge is 0.345 e. The van der Waals surface area contributed by atoms with Gasteiger partial charge in [0.15, 0.2) is 18.1 Å². The number of nitro benzene ring substituents is 1. The zero-order valence-corrected chi connectivity index (χ0v) is 16.4. The molecule has 0 aliphatic carbocycles. The minimum Gasteiger partial charge on any atom is -0.493 e. The summed E-state index contributed by atoms with van der Waals surface area (Å²) in [6, 6.07) is 10.0. The van der Waals surface area contributed by atoms with Gasteiger partial charge in [-0.3, -0.25) is 14.9 Å². The fraction of sp³-hybridized carbons (Fsp3) is 0.300. The summed E-state index contributed by atoms with van der Waals surface area (Å²) >= 11 is 0. The monoisotopic (exact) mass is 402 g/mol. The van der Waals surface area contributed by atoms with Crippen LogP contribution in [0.2, 0.25) is 0 Å². The fourth-order valence-corrected chi connectivity index (χ4v) is 2.67. The summed E-state index contributed by atoms with van der Waals surface area (Å²) in [6.07, 6.45) is 0.632. The third-order valence-corrected chi connectivity index (χ3v) is 4.23. The molecule has 0 radical (unpaired) electrons. The number of nitrogens with one attached hydrogen (secondary N) is 1. The molecule has 0 aliphatic heterocycles. The molecule has 2 aromatic rings. The number of carbonyl (C=O) groups excluding carboxylic acids is 2. The van der Waals surface area contributed by atoms with Crippen molar-refractivity contribution in [1.29, 1.82) is 0 Å². The molecule has 0 atom stereocenters. The van der Waals surface area contributed by atoms with E-state index >= 15 is 0 Å². The molecule has 0 heterocycles. The van der Waals surface area contributed by atoms with Crippen molar-refractivity contribution in [2.75, 3.05) is 27.4 Å². The SMILES string of the molecule is COc1cc(C(=O)OCC(=O)NCCc2ccccc2C)c([N+](=O)[O-])cc1OC. The van der Waals surface area contributed by atoms with Crippen LogP contribution < -0.4 is 14.8 Å². The first-order valence-corrected chi connectivity index (χ1v) is 8.76. The number of carbonyl (C=O) groups is 2. The molecule has 9 nitrogen and oxygen atoms in total. The van der Waals surface area contributed by atoms with E-state index < -0.39 is 29.1 Å². The number of ether oxygens (including phenoxy) is 3. The van der Waals surface area contributed by atoms with E-state index in [0.29, 0.717) is 13.0 Å². The van der Waals surface area contributed by atoms with Gasteiger partial charge in [0.1, 0.15) is 5.56 Å². The number of benzene rings is 2. The van der Waals surface area contributed by atoms with Crippen LogP contribution in [-0.2, 0) is 16.0 Å².